The van der Waals surface area contributed by atoms with Crippen molar-refractivity contribution in [3.8, 4) is 0 Å². The van der Waals surface area contributed by atoms with Gasteiger partial charge < -0.3 is 9.05 Å². The van der Waals surface area contributed by atoms with E-state index in [9.17, 15) is 18.9 Å². The summed E-state index contributed by atoms with van der Waals surface area (Å²) in [5, 5.41) is 10.6. The highest BCUT2D eigenvalue weighted by molar-refractivity contribution is 7.48. The van der Waals surface area contributed by atoms with Gasteiger partial charge in [-0.15, -0.1) is 0 Å². The molecule has 5 nitrogen and oxygen atoms in total. The lowest BCUT2D eigenvalue weighted by atomic mass is 10.2. The van der Waals surface area contributed by atoms with Crippen LogP contribution in [0.2, 0.25) is 0 Å². The van der Waals surface area contributed by atoms with Crippen LogP contribution in [-0.2, 0) is 14.7 Å². The molecule has 0 saturated heterocycles. The van der Waals surface area contributed by atoms with Crippen LogP contribution in [0.15, 0.2) is 24.3 Å². The van der Waals surface area contributed by atoms with Gasteiger partial charge in [-0.05, 0) is 13.8 Å². The van der Waals surface area contributed by atoms with Crippen molar-refractivity contribution < 1.29 is 22.8 Å². The van der Waals surface area contributed by atoms with Gasteiger partial charge in [0.1, 0.15) is 0 Å². The van der Waals surface area contributed by atoms with E-state index < -0.39 is 24.5 Å². The molecule has 1 aromatic rings. The lowest BCUT2D eigenvalue weighted by Gasteiger charge is -2.25. The van der Waals surface area contributed by atoms with E-state index >= 15 is 0 Å². The molecule has 0 atom stereocenters. The van der Waals surface area contributed by atoms with Gasteiger partial charge in [-0.2, -0.15) is 8.78 Å². The molecular formula is C11H14F2NO4P. The molecule has 0 amide bonds. The molecule has 0 fully saturated rings. The first kappa shape index (κ1) is 15.9. The fourth-order valence-electron chi connectivity index (χ4n) is 1.35. The first-order chi connectivity index (χ1) is 8.93. The summed E-state index contributed by atoms with van der Waals surface area (Å²) >= 11 is 0. The lowest BCUT2D eigenvalue weighted by Crippen LogP contribution is -2.15. The molecular weight excluding hydrogens is 279 g/mol. The molecule has 0 radical (unpaired) electrons. The molecule has 0 aromatic heterocycles. The van der Waals surface area contributed by atoms with E-state index in [1.165, 1.54) is 6.07 Å². The molecule has 0 spiro atoms. The summed E-state index contributed by atoms with van der Waals surface area (Å²) in [6, 6.07) is 4.34. The van der Waals surface area contributed by atoms with Crippen molar-refractivity contribution >= 4 is 14.1 Å². The van der Waals surface area contributed by atoms with Crippen molar-refractivity contribution in [2.24, 2.45) is 0 Å². The Morgan fingerprint density at radius 3 is 2.37 bits per heavy atom. The molecule has 1 rings (SSSR count). The second-order valence-electron chi connectivity index (χ2n) is 3.44. The molecule has 0 bridgehead atoms. The lowest BCUT2D eigenvalue weighted by molar-refractivity contribution is -0.385. The van der Waals surface area contributed by atoms with Crippen molar-refractivity contribution in [1.82, 2.24) is 0 Å². The number of non-ortho nitro benzene ring substituents is 1. The summed E-state index contributed by atoms with van der Waals surface area (Å²) in [6.45, 7) is 3.32. The number of rotatable bonds is 7. The first-order valence-electron chi connectivity index (χ1n) is 5.62. The Bertz CT molecular complexity index is 438. The SMILES string of the molecule is CCOP(OCC)C(F)(F)c1cccc([N+](=O)[O-])c1. The van der Waals surface area contributed by atoms with Crippen molar-refractivity contribution in [1.29, 1.82) is 0 Å². The molecule has 0 aliphatic carbocycles. The third kappa shape index (κ3) is 3.89. The monoisotopic (exact) mass is 293 g/mol. The van der Waals surface area contributed by atoms with Crippen molar-refractivity contribution in [2.45, 2.75) is 19.5 Å². The molecule has 0 unspecified atom stereocenters. The number of benzene rings is 1. The Kier molecular flexibility index (Phi) is 5.72. The number of nitro benzene ring substituents is 1. The van der Waals surface area contributed by atoms with Gasteiger partial charge in [-0.25, -0.2) is 0 Å². The quantitative estimate of drug-likeness (QED) is 0.432. The maximum absolute atomic E-state index is 14.2. The molecule has 0 heterocycles. The number of hydrogen-bond acceptors (Lipinski definition) is 4. The van der Waals surface area contributed by atoms with Crippen LogP contribution in [0.4, 0.5) is 14.5 Å². The second kappa shape index (κ2) is 6.84. The third-order valence-corrected chi connectivity index (χ3v) is 3.83. The van der Waals surface area contributed by atoms with Crippen LogP contribution in [0.1, 0.15) is 19.4 Å². The number of hydrogen-bond donors (Lipinski definition) is 0. The second-order valence-corrected chi connectivity index (χ2v) is 5.03. The van der Waals surface area contributed by atoms with Crippen LogP contribution in [0.5, 0.6) is 0 Å². The van der Waals surface area contributed by atoms with Crippen LogP contribution in [0.3, 0.4) is 0 Å². The maximum atomic E-state index is 14.2. The third-order valence-electron chi connectivity index (χ3n) is 2.13. The largest absolute Gasteiger partial charge is 0.340 e. The predicted octanol–water partition coefficient (Wildman–Crippen LogP) is 4.03. The summed E-state index contributed by atoms with van der Waals surface area (Å²) in [5.74, 6) is 0. The minimum atomic E-state index is -3.40. The van der Waals surface area contributed by atoms with Crippen LogP contribution in [0, 0.1) is 10.1 Å². The average molecular weight is 293 g/mol. The Morgan fingerprint density at radius 2 is 1.89 bits per heavy atom. The standard InChI is InChI=1S/C11H14F2NO4P/c1-3-17-19(18-4-2)11(12,13)9-6-5-7-10(8-9)14(15)16/h5-8H,3-4H2,1-2H3. The van der Waals surface area contributed by atoms with E-state index in [1.807, 2.05) is 0 Å². The average Bonchev–Trinajstić information content (AvgIpc) is 2.38. The smallest absolute Gasteiger partial charge is 0.330 e. The Labute approximate surface area is 110 Å². The van der Waals surface area contributed by atoms with Crippen LogP contribution in [-0.4, -0.2) is 18.1 Å². The summed E-state index contributed by atoms with van der Waals surface area (Å²) in [4.78, 5) is 9.89. The summed E-state index contributed by atoms with van der Waals surface area (Å²) in [6.07, 6.45) is 0. The van der Waals surface area contributed by atoms with Crippen LogP contribution >= 0.6 is 8.38 Å². The van der Waals surface area contributed by atoms with E-state index in [0.717, 1.165) is 18.2 Å². The van der Waals surface area contributed by atoms with Gasteiger partial charge in [0.2, 0.25) is 0 Å². The fourth-order valence-corrected chi connectivity index (χ4v) is 2.56. The van der Waals surface area contributed by atoms with Gasteiger partial charge in [0.15, 0.2) is 0 Å². The zero-order valence-electron chi connectivity index (χ0n) is 10.5. The van der Waals surface area contributed by atoms with Gasteiger partial charge in [0.05, 0.1) is 18.1 Å². The van der Waals surface area contributed by atoms with Crippen molar-refractivity contribution in [3.05, 3.63) is 39.9 Å². The molecule has 0 aliphatic rings. The number of nitro groups is 1. The van der Waals surface area contributed by atoms with Gasteiger partial charge in [-0.1, -0.05) is 12.1 Å². The first-order valence-corrected chi connectivity index (χ1v) is 6.80. The summed E-state index contributed by atoms with van der Waals surface area (Å²) in [5.41, 5.74) is -4.26. The minimum Gasteiger partial charge on any atom is -0.330 e. The van der Waals surface area contributed by atoms with E-state index in [4.69, 9.17) is 9.05 Å². The van der Waals surface area contributed by atoms with E-state index in [2.05, 4.69) is 0 Å². The van der Waals surface area contributed by atoms with Gasteiger partial charge in [0.25, 0.3) is 14.1 Å². The highest BCUT2D eigenvalue weighted by Gasteiger charge is 2.45. The van der Waals surface area contributed by atoms with Crippen molar-refractivity contribution in [3.63, 3.8) is 0 Å². The predicted molar refractivity (Wildman–Crippen MR) is 67.2 cm³/mol. The maximum Gasteiger partial charge on any atom is 0.340 e. The minimum absolute atomic E-state index is 0.0796. The molecule has 106 valence electrons. The zero-order valence-corrected chi connectivity index (χ0v) is 11.4. The number of nitrogens with zero attached hydrogens (tertiary/aromatic N) is 1. The normalized spacial score (nSPS) is 11.8. The molecule has 0 saturated carbocycles. The van der Waals surface area contributed by atoms with E-state index in [1.54, 1.807) is 13.8 Å². The van der Waals surface area contributed by atoms with Crippen LogP contribution in [0.25, 0.3) is 0 Å². The zero-order chi connectivity index (χ0) is 14.5. The van der Waals surface area contributed by atoms with Crippen molar-refractivity contribution in [2.75, 3.05) is 13.2 Å². The van der Waals surface area contributed by atoms with Gasteiger partial charge in [-0.3, -0.25) is 10.1 Å². The summed E-state index contributed by atoms with van der Waals surface area (Å²) < 4.78 is 38.2. The topological polar surface area (TPSA) is 61.6 Å². The van der Waals surface area contributed by atoms with E-state index in [0.29, 0.717) is 0 Å². The van der Waals surface area contributed by atoms with Gasteiger partial charge >= 0.3 is 5.66 Å². The molecule has 0 aliphatic heterocycles. The summed E-state index contributed by atoms with van der Waals surface area (Å²) in [7, 11) is -2.47. The molecule has 19 heavy (non-hydrogen) atoms. The highest BCUT2D eigenvalue weighted by atomic mass is 31.2. The molecule has 1 aromatic carbocycles. The van der Waals surface area contributed by atoms with Gasteiger partial charge in [0, 0.05) is 17.7 Å². The highest BCUT2D eigenvalue weighted by Crippen LogP contribution is 2.60. The van der Waals surface area contributed by atoms with E-state index in [-0.39, 0.29) is 18.9 Å². The fraction of sp³-hybridized carbons (Fsp3) is 0.455. The Hall–Kier alpha value is -1.17. The molecule has 8 heteroatoms. The number of alkyl halides is 2. The van der Waals surface area contributed by atoms with Crippen LogP contribution < -0.4 is 0 Å². The Morgan fingerprint density at radius 1 is 1.32 bits per heavy atom. The number of halogens is 2. The molecule has 0 N–H and O–H groups in total. The Balaban J connectivity index is 3.08.